The van der Waals surface area contributed by atoms with Crippen LogP contribution in [0, 0.1) is 10.1 Å². The number of pyridine rings is 1. The quantitative estimate of drug-likeness (QED) is 0.389. The van der Waals surface area contributed by atoms with Gasteiger partial charge in [0.15, 0.2) is 0 Å². The van der Waals surface area contributed by atoms with E-state index in [9.17, 15) is 20.0 Å². The third-order valence-electron chi connectivity index (χ3n) is 3.33. The first-order valence-corrected chi connectivity index (χ1v) is 7.56. The van der Waals surface area contributed by atoms with Gasteiger partial charge >= 0.3 is 0 Å². The summed E-state index contributed by atoms with van der Waals surface area (Å²) in [6, 6.07) is 9.56. The lowest BCUT2D eigenvalue weighted by atomic mass is 10.1. The normalized spacial score (nSPS) is 11.2. The number of carboxylic acids is 1. The molecule has 0 amide bonds. The van der Waals surface area contributed by atoms with Crippen LogP contribution in [0.3, 0.4) is 0 Å². The standard InChI is InChI=1S/C16H10BrN3O4/c17-11-4-6-14-18-16(10-2-1-3-12(8-10)20(23)24)13(19(14)9-11)5-7-15(21)22/h1-9H,(H,21,22)/p-1/b7-5+. The highest BCUT2D eigenvalue weighted by Crippen LogP contribution is 2.29. The molecule has 24 heavy (non-hydrogen) atoms. The average molecular weight is 387 g/mol. The van der Waals surface area contributed by atoms with Gasteiger partial charge in [0.2, 0.25) is 0 Å². The van der Waals surface area contributed by atoms with Crippen LogP contribution in [0.1, 0.15) is 5.69 Å². The lowest BCUT2D eigenvalue weighted by Crippen LogP contribution is -2.18. The van der Waals surface area contributed by atoms with Gasteiger partial charge in [0, 0.05) is 28.4 Å². The molecule has 0 fully saturated rings. The minimum atomic E-state index is -1.34. The van der Waals surface area contributed by atoms with Crippen molar-refractivity contribution in [3.8, 4) is 11.3 Å². The predicted octanol–water partition coefficient (Wildman–Crippen LogP) is 2.44. The summed E-state index contributed by atoms with van der Waals surface area (Å²) in [5.41, 5.74) is 1.95. The number of halogens is 1. The second-order valence-electron chi connectivity index (χ2n) is 4.88. The van der Waals surface area contributed by atoms with E-state index in [-0.39, 0.29) is 5.69 Å². The molecule has 0 aliphatic heterocycles. The summed E-state index contributed by atoms with van der Waals surface area (Å²) in [6.07, 6.45) is 3.99. The molecule has 0 aliphatic carbocycles. The number of aliphatic carboxylic acids is 1. The van der Waals surface area contributed by atoms with E-state index in [1.807, 2.05) is 0 Å². The number of carbonyl (C=O) groups is 1. The lowest BCUT2D eigenvalue weighted by Gasteiger charge is -2.02. The number of carbonyl (C=O) groups excluding carboxylic acids is 1. The minimum Gasteiger partial charge on any atom is -0.545 e. The molecule has 120 valence electrons. The summed E-state index contributed by atoms with van der Waals surface area (Å²) in [5.74, 6) is -1.34. The van der Waals surface area contributed by atoms with Gasteiger partial charge in [-0.3, -0.25) is 14.5 Å². The fraction of sp³-hybridized carbons (Fsp3) is 0. The SMILES string of the molecule is O=C([O-])/C=C/c1c(-c2cccc([N+](=O)[O-])c2)nc2ccc(Br)cn12. The van der Waals surface area contributed by atoms with Gasteiger partial charge in [-0.15, -0.1) is 0 Å². The van der Waals surface area contributed by atoms with Crippen LogP contribution < -0.4 is 5.11 Å². The molecule has 0 aliphatic rings. The predicted molar refractivity (Wildman–Crippen MR) is 89.0 cm³/mol. The zero-order valence-electron chi connectivity index (χ0n) is 12.0. The Morgan fingerprint density at radius 3 is 2.79 bits per heavy atom. The topological polar surface area (TPSA) is 101 Å². The summed E-state index contributed by atoms with van der Waals surface area (Å²) in [7, 11) is 0. The van der Waals surface area contributed by atoms with E-state index in [0.717, 1.165) is 10.5 Å². The van der Waals surface area contributed by atoms with Crippen LogP contribution >= 0.6 is 15.9 Å². The van der Waals surface area contributed by atoms with Gasteiger partial charge in [-0.2, -0.15) is 0 Å². The third-order valence-corrected chi connectivity index (χ3v) is 3.80. The maximum atomic E-state index is 11.0. The minimum absolute atomic E-state index is 0.0689. The number of nitro benzene ring substituents is 1. The highest BCUT2D eigenvalue weighted by Gasteiger charge is 2.15. The number of hydrogen-bond acceptors (Lipinski definition) is 5. The maximum Gasteiger partial charge on any atom is 0.270 e. The molecule has 0 N–H and O–H groups in total. The molecule has 7 nitrogen and oxygen atoms in total. The molecule has 0 unspecified atom stereocenters. The molecule has 2 aromatic heterocycles. The number of imidazole rings is 1. The molecular formula is C16H9BrN3O4-. The Hall–Kier alpha value is -3.00. The van der Waals surface area contributed by atoms with Crippen LogP contribution in [-0.2, 0) is 4.79 Å². The van der Waals surface area contributed by atoms with E-state index in [1.165, 1.54) is 18.2 Å². The molecule has 3 rings (SSSR count). The highest BCUT2D eigenvalue weighted by molar-refractivity contribution is 9.10. The maximum absolute atomic E-state index is 11.0. The zero-order chi connectivity index (χ0) is 17.3. The molecule has 8 heteroatoms. The Morgan fingerprint density at radius 2 is 2.08 bits per heavy atom. The number of benzene rings is 1. The molecule has 3 aromatic rings. The summed E-state index contributed by atoms with van der Waals surface area (Å²) in [5, 5.41) is 21.7. The summed E-state index contributed by atoms with van der Waals surface area (Å²) < 4.78 is 2.47. The Labute approximate surface area is 144 Å². The van der Waals surface area contributed by atoms with Gasteiger partial charge in [0.25, 0.3) is 5.69 Å². The van der Waals surface area contributed by atoms with E-state index in [2.05, 4.69) is 20.9 Å². The smallest absolute Gasteiger partial charge is 0.270 e. The molecule has 0 bridgehead atoms. The Bertz CT molecular complexity index is 994. The van der Waals surface area contributed by atoms with Crippen LogP contribution in [0.25, 0.3) is 23.0 Å². The van der Waals surface area contributed by atoms with Crippen LogP contribution in [-0.4, -0.2) is 20.3 Å². The van der Waals surface area contributed by atoms with E-state index >= 15 is 0 Å². The second-order valence-corrected chi connectivity index (χ2v) is 5.80. The van der Waals surface area contributed by atoms with Crippen molar-refractivity contribution in [1.82, 2.24) is 9.38 Å². The zero-order valence-corrected chi connectivity index (χ0v) is 13.6. The van der Waals surface area contributed by atoms with Gasteiger partial charge in [-0.25, -0.2) is 4.98 Å². The number of fused-ring (bicyclic) bond motifs is 1. The molecule has 2 heterocycles. The number of aromatic nitrogens is 2. The Morgan fingerprint density at radius 1 is 1.29 bits per heavy atom. The average Bonchev–Trinajstić information content (AvgIpc) is 2.90. The van der Waals surface area contributed by atoms with Crippen LogP contribution in [0.5, 0.6) is 0 Å². The monoisotopic (exact) mass is 386 g/mol. The lowest BCUT2D eigenvalue weighted by molar-refractivity contribution is -0.384. The molecule has 0 spiro atoms. The van der Waals surface area contributed by atoms with E-state index in [4.69, 9.17) is 0 Å². The van der Waals surface area contributed by atoms with Crippen molar-refractivity contribution in [2.75, 3.05) is 0 Å². The van der Waals surface area contributed by atoms with E-state index < -0.39 is 10.9 Å². The number of non-ortho nitro benzene ring substituents is 1. The molecule has 1 aromatic carbocycles. The fourth-order valence-corrected chi connectivity index (χ4v) is 2.66. The number of hydrogen-bond donors (Lipinski definition) is 0. The first-order valence-electron chi connectivity index (χ1n) is 6.77. The van der Waals surface area contributed by atoms with Gasteiger partial charge < -0.3 is 9.90 Å². The molecule has 0 atom stereocenters. The van der Waals surface area contributed by atoms with Gasteiger partial charge in [0.1, 0.15) is 5.65 Å². The number of nitro groups is 1. The number of carboxylic acid groups (broad SMARTS) is 1. The molecule has 0 saturated carbocycles. The van der Waals surface area contributed by atoms with E-state index in [0.29, 0.717) is 22.6 Å². The van der Waals surface area contributed by atoms with Crippen LogP contribution in [0.2, 0.25) is 0 Å². The number of rotatable bonds is 4. The van der Waals surface area contributed by atoms with Crippen molar-refractivity contribution >= 4 is 39.3 Å². The van der Waals surface area contributed by atoms with Gasteiger partial charge in [-0.1, -0.05) is 12.1 Å². The molecule has 0 radical (unpaired) electrons. The van der Waals surface area contributed by atoms with Crippen LogP contribution in [0.15, 0.2) is 53.1 Å². The first kappa shape index (κ1) is 15.9. The largest absolute Gasteiger partial charge is 0.545 e. The van der Waals surface area contributed by atoms with Crippen molar-refractivity contribution in [1.29, 1.82) is 0 Å². The van der Waals surface area contributed by atoms with Crippen LogP contribution in [0.4, 0.5) is 5.69 Å². The van der Waals surface area contributed by atoms with Gasteiger partial charge in [0.05, 0.1) is 22.3 Å². The molecule has 0 saturated heterocycles. The highest BCUT2D eigenvalue weighted by atomic mass is 79.9. The van der Waals surface area contributed by atoms with Crippen molar-refractivity contribution in [3.05, 3.63) is 69.0 Å². The van der Waals surface area contributed by atoms with Crippen molar-refractivity contribution in [2.45, 2.75) is 0 Å². The third kappa shape index (κ3) is 3.04. The Kier molecular flexibility index (Phi) is 4.13. The number of nitrogens with zero attached hydrogens (tertiary/aromatic N) is 3. The summed E-state index contributed by atoms with van der Waals surface area (Å²) >= 11 is 3.35. The molecular weight excluding hydrogens is 378 g/mol. The van der Waals surface area contributed by atoms with E-state index in [1.54, 1.807) is 34.9 Å². The summed E-state index contributed by atoms with van der Waals surface area (Å²) in [4.78, 5) is 25.7. The second kappa shape index (κ2) is 6.25. The van der Waals surface area contributed by atoms with Crippen molar-refractivity contribution in [2.24, 2.45) is 0 Å². The summed E-state index contributed by atoms with van der Waals surface area (Å²) in [6.45, 7) is 0. The van der Waals surface area contributed by atoms with Crippen molar-refractivity contribution in [3.63, 3.8) is 0 Å². The van der Waals surface area contributed by atoms with Crippen molar-refractivity contribution < 1.29 is 14.8 Å². The van der Waals surface area contributed by atoms with Gasteiger partial charge in [-0.05, 0) is 40.2 Å². The first-order chi connectivity index (χ1) is 11.5. The Balaban J connectivity index is 2.27. The fourth-order valence-electron chi connectivity index (χ4n) is 2.32.